The van der Waals surface area contributed by atoms with Crippen molar-refractivity contribution in [2.24, 2.45) is 0 Å². The highest BCUT2D eigenvalue weighted by atomic mass is 32.1. The van der Waals surface area contributed by atoms with Gasteiger partial charge in [0.05, 0.1) is 0 Å². The standard InChI is InChI=1S/C122H84N2OS/c1-121(2)113-48-10-7-35-105(113)108-44-19-40-101(117(108)121)78-51-61-92(62-52-78)124(94-67-57-81(58-68-94)104-43-22-47-111-107-37-9-12-50-116(107)126-120(104)111)96-33-16-28-85(75-96)83-26-14-30-89(72-83)99-39-18-31-90-73-86(59-69-100(90)99)87-60-70-114-112(76-87)109-45-20-41-102(118(109)122(114,3)4)79-53-63-91(64-54-79)123(93-65-55-80(56-66-93)103-42-21-46-110-106-36-8-11-49-115(106)125-119(103)110)95-32-15-27-84(74-95)82-25-13-29-88(71-82)98-38-17-24-77-23-5-6-34-97(77)98/h5-76H,1-4H3. The van der Waals surface area contributed by atoms with Gasteiger partial charge in [0, 0.05) is 81.5 Å². The predicted octanol–water partition coefficient (Wildman–Crippen LogP) is 34.8. The molecule has 2 aliphatic carbocycles. The first-order valence-electron chi connectivity index (χ1n) is 43.7. The van der Waals surface area contributed by atoms with Gasteiger partial charge in [0.1, 0.15) is 11.2 Å². The highest BCUT2D eigenvalue weighted by Crippen LogP contribution is 2.56. The molecule has 2 aromatic heterocycles. The van der Waals surface area contributed by atoms with E-state index in [-0.39, 0.29) is 10.8 Å². The smallest absolute Gasteiger partial charge is 0.143 e. The number of nitrogens with zero attached hydrogens (tertiary/aromatic N) is 2. The SMILES string of the molecule is CC1(C)c2ccccc2-c2cccc(-c3ccc(N(c4ccc(-c5cccc6c5sc5ccccc56)cc4)c4cccc(-c5cccc(-c6cccc7cc(-c8ccc9c(c8)-c8cccc(-c%10ccc(N(c%11ccc(-c%12cccc%13c%12oc%12ccccc%12%13)cc%11)c%11cccc(-c%12cccc(-c%13cccc%14ccccc%13%14)c%12)c%11)cc%10)c8C9(C)C)ccc67)c5)c4)cc3)c21. The second-order valence-electron chi connectivity index (χ2n) is 35.0. The van der Waals surface area contributed by atoms with E-state index in [0.29, 0.717) is 0 Å². The van der Waals surface area contributed by atoms with Crippen molar-refractivity contribution >= 4 is 109 Å². The molecule has 4 heteroatoms. The van der Waals surface area contributed by atoms with Crippen molar-refractivity contribution in [1.29, 1.82) is 0 Å². The zero-order valence-corrected chi connectivity index (χ0v) is 71.1. The molecular weight excluding hydrogens is 1540 g/mol. The molecule has 0 saturated carbocycles. The molecule has 0 bridgehead atoms. The van der Waals surface area contributed by atoms with Crippen molar-refractivity contribution in [3.63, 3.8) is 0 Å². The van der Waals surface area contributed by atoms with Crippen LogP contribution in [-0.2, 0) is 10.8 Å². The molecule has 3 nitrogen and oxygen atoms in total. The van der Waals surface area contributed by atoms with E-state index in [1.165, 1.54) is 153 Å². The average molecular weight is 1630 g/mol. The molecule has 0 spiro atoms. The van der Waals surface area contributed by atoms with Gasteiger partial charge in [-0.2, -0.15) is 0 Å². The first-order valence-corrected chi connectivity index (χ1v) is 44.5. The van der Waals surface area contributed by atoms with Crippen LogP contribution in [0.25, 0.3) is 186 Å². The fraction of sp³-hybridized carbons (Fsp3) is 0.0492. The summed E-state index contributed by atoms with van der Waals surface area (Å²) in [7, 11) is 0. The topological polar surface area (TPSA) is 19.6 Å². The Kier molecular flexibility index (Phi) is 17.5. The van der Waals surface area contributed by atoms with Gasteiger partial charge in [-0.15, -0.1) is 11.3 Å². The van der Waals surface area contributed by atoms with Gasteiger partial charge >= 0.3 is 0 Å². The Balaban J connectivity index is 0.535. The van der Waals surface area contributed by atoms with Gasteiger partial charge in [-0.1, -0.05) is 355 Å². The van der Waals surface area contributed by atoms with Crippen LogP contribution in [0.5, 0.6) is 0 Å². The molecular formula is C122H84N2OS. The molecule has 24 rings (SSSR count). The molecule has 0 atom stereocenters. The molecule has 0 radical (unpaired) electrons. The Bertz CT molecular complexity index is 8140. The van der Waals surface area contributed by atoms with Crippen LogP contribution in [0, 0.1) is 0 Å². The molecule has 2 heterocycles. The third kappa shape index (κ3) is 12.4. The number of thiophene rings is 1. The maximum atomic E-state index is 6.58. The minimum absolute atomic E-state index is 0.139. The zero-order chi connectivity index (χ0) is 83.9. The van der Waals surface area contributed by atoms with E-state index in [1.807, 2.05) is 17.4 Å². The minimum Gasteiger partial charge on any atom is -0.455 e. The number of hydrogen-bond donors (Lipinski definition) is 0. The number of anilines is 6. The van der Waals surface area contributed by atoms with E-state index < -0.39 is 0 Å². The summed E-state index contributed by atoms with van der Waals surface area (Å²) in [6.07, 6.45) is 0. The van der Waals surface area contributed by atoms with Crippen LogP contribution in [-0.4, -0.2) is 0 Å². The summed E-state index contributed by atoms with van der Waals surface area (Å²) >= 11 is 1.88. The summed E-state index contributed by atoms with van der Waals surface area (Å²) in [6, 6.07) is 162. The predicted molar refractivity (Wildman–Crippen MR) is 535 cm³/mol. The van der Waals surface area contributed by atoms with Crippen molar-refractivity contribution in [3.8, 4) is 122 Å². The van der Waals surface area contributed by atoms with Crippen LogP contribution in [0.1, 0.15) is 49.9 Å². The zero-order valence-electron chi connectivity index (χ0n) is 70.3. The first kappa shape index (κ1) is 74.4. The van der Waals surface area contributed by atoms with Crippen molar-refractivity contribution in [1.82, 2.24) is 0 Å². The molecule has 0 amide bonds. The summed E-state index contributed by atoms with van der Waals surface area (Å²) in [5, 5.41) is 9.75. The lowest BCUT2D eigenvalue weighted by Crippen LogP contribution is -2.16. The van der Waals surface area contributed by atoms with E-state index in [9.17, 15) is 0 Å². The van der Waals surface area contributed by atoms with E-state index in [1.54, 1.807) is 0 Å². The van der Waals surface area contributed by atoms with Crippen LogP contribution >= 0.6 is 11.3 Å². The molecule has 0 fully saturated rings. The van der Waals surface area contributed by atoms with Crippen LogP contribution in [0.3, 0.4) is 0 Å². The van der Waals surface area contributed by atoms with Gasteiger partial charge in [0.2, 0.25) is 0 Å². The Hall–Kier alpha value is -15.5. The van der Waals surface area contributed by atoms with Gasteiger partial charge in [-0.25, -0.2) is 0 Å². The number of furan rings is 1. The average Bonchev–Trinajstić information content (AvgIpc) is 1.60. The molecule has 0 aliphatic heterocycles. The first-order chi connectivity index (χ1) is 61.9. The number of hydrogen-bond acceptors (Lipinski definition) is 4. The number of fused-ring (bicyclic) bond motifs is 14. The quantitative estimate of drug-likeness (QED) is 0.102. The third-order valence-electron chi connectivity index (χ3n) is 27.0. The van der Waals surface area contributed by atoms with Crippen LogP contribution in [0.15, 0.2) is 441 Å². The second kappa shape index (κ2) is 29.7. The number of rotatable bonds is 15. The van der Waals surface area contributed by atoms with E-state index in [2.05, 4.69) is 468 Å². The van der Waals surface area contributed by atoms with Crippen LogP contribution < -0.4 is 9.80 Å². The fourth-order valence-electron chi connectivity index (χ4n) is 21.0. The highest BCUT2D eigenvalue weighted by molar-refractivity contribution is 7.26. The summed E-state index contributed by atoms with van der Waals surface area (Å²) in [5.74, 6) is 0. The molecule has 126 heavy (non-hydrogen) atoms. The maximum Gasteiger partial charge on any atom is 0.143 e. The van der Waals surface area contributed by atoms with Crippen LogP contribution in [0.2, 0.25) is 0 Å². The van der Waals surface area contributed by atoms with E-state index in [4.69, 9.17) is 4.42 Å². The van der Waals surface area contributed by atoms with E-state index >= 15 is 0 Å². The van der Waals surface area contributed by atoms with Gasteiger partial charge in [-0.05, 0) is 270 Å². The molecule has 0 saturated heterocycles. The Morgan fingerprint density at radius 3 is 1.20 bits per heavy atom. The minimum atomic E-state index is -0.274. The fourth-order valence-corrected chi connectivity index (χ4v) is 22.2. The van der Waals surface area contributed by atoms with Crippen molar-refractivity contribution < 1.29 is 4.42 Å². The Morgan fingerprint density at radius 2 is 0.579 bits per heavy atom. The lowest BCUT2D eigenvalue weighted by molar-refractivity contribution is 0.662. The molecule has 0 unspecified atom stereocenters. The highest BCUT2D eigenvalue weighted by Gasteiger charge is 2.39. The van der Waals surface area contributed by atoms with Gasteiger partial charge in [0.25, 0.3) is 0 Å². The van der Waals surface area contributed by atoms with Crippen molar-refractivity contribution in [2.75, 3.05) is 9.80 Å². The summed E-state index contributed by atoms with van der Waals surface area (Å²) in [6.45, 7) is 9.56. The van der Waals surface area contributed by atoms with Crippen LogP contribution in [0.4, 0.5) is 34.1 Å². The summed E-state index contributed by atoms with van der Waals surface area (Å²) in [5.41, 5.74) is 39.8. The largest absolute Gasteiger partial charge is 0.455 e. The molecule has 0 N–H and O–H groups in total. The van der Waals surface area contributed by atoms with E-state index in [0.717, 1.165) is 89.4 Å². The third-order valence-corrected chi connectivity index (χ3v) is 28.3. The summed E-state index contributed by atoms with van der Waals surface area (Å²) in [4.78, 5) is 4.82. The van der Waals surface area contributed by atoms with Crippen molar-refractivity contribution in [2.45, 2.75) is 38.5 Å². The van der Waals surface area contributed by atoms with Gasteiger partial charge < -0.3 is 14.2 Å². The van der Waals surface area contributed by atoms with Gasteiger partial charge in [-0.3, -0.25) is 0 Å². The Morgan fingerprint density at radius 1 is 0.206 bits per heavy atom. The maximum absolute atomic E-state index is 6.58. The normalized spacial score (nSPS) is 12.9. The lowest BCUT2D eigenvalue weighted by Gasteiger charge is -2.27. The Labute approximate surface area is 738 Å². The monoisotopic (exact) mass is 1620 g/mol. The number of para-hydroxylation sites is 2. The summed E-state index contributed by atoms with van der Waals surface area (Å²) < 4.78 is 9.20. The second-order valence-corrected chi connectivity index (χ2v) is 36.0. The molecule has 2 aliphatic rings. The lowest BCUT2D eigenvalue weighted by atomic mass is 9.78. The molecule has 594 valence electrons. The van der Waals surface area contributed by atoms with Gasteiger partial charge in [0.15, 0.2) is 0 Å². The van der Waals surface area contributed by atoms with Crippen molar-refractivity contribution in [3.05, 3.63) is 459 Å². The number of benzene rings is 20. The molecule has 22 aromatic rings. The molecule has 20 aromatic carbocycles.